The van der Waals surface area contributed by atoms with Gasteiger partial charge in [-0.3, -0.25) is 14.5 Å². The third-order valence-electron chi connectivity index (χ3n) is 6.47. The van der Waals surface area contributed by atoms with Crippen molar-refractivity contribution < 1.29 is 19.5 Å². The molecule has 4 atom stereocenters. The van der Waals surface area contributed by atoms with Gasteiger partial charge in [0.05, 0.1) is 12.1 Å². The van der Waals surface area contributed by atoms with E-state index in [0.717, 1.165) is 32.2 Å². The predicted octanol–water partition coefficient (Wildman–Crippen LogP) is 3.29. The van der Waals surface area contributed by atoms with E-state index in [-0.39, 0.29) is 41.3 Å². The number of carboxylic acid groups (broad SMARTS) is 1. The molecule has 0 aliphatic carbocycles. The Morgan fingerprint density at radius 2 is 1.74 bits per heavy atom. The molecule has 0 aromatic heterocycles. The van der Waals surface area contributed by atoms with E-state index in [1.807, 2.05) is 27.7 Å². The van der Waals surface area contributed by atoms with Crippen LogP contribution in [0.1, 0.15) is 74.1 Å². The molecule has 1 rings (SSSR count). The Labute approximate surface area is 188 Å². The van der Waals surface area contributed by atoms with Crippen LogP contribution in [0.15, 0.2) is 11.6 Å². The van der Waals surface area contributed by atoms with E-state index in [9.17, 15) is 19.5 Å². The molecule has 0 aromatic carbocycles. The van der Waals surface area contributed by atoms with E-state index in [4.69, 9.17) is 0 Å². The molecular formula is C24H43N3O4. The molecule has 1 aliphatic heterocycles. The van der Waals surface area contributed by atoms with Crippen LogP contribution in [0.2, 0.25) is 0 Å². The topological polar surface area (TPSA) is 90.0 Å². The molecule has 1 saturated heterocycles. The summed E-state index contributed by atoms with van der Waals surface area (Å²) in [6, 6.07) is -0.912. The van der Waals surface area contributed by atoms with Crippen molar-refractivity contribution >= 4 is 17.8 Å². The molecule has 31 heavy (non-hydrogen) atoms. The third kappa shape index (κ3) is 7.34. The average Bonchev–Trinajstić information content (AvgIpc) is 2.73. The van der Waals surface area contributed by atoms with Gasteiger partial charge in [-0.15, -0.1) is 0 Å². The SMILES string of the molecule is CCC(C)N1CCCC[C@@H]1C(=O)N[C@H](C(=O)N(C)C(/C=C(\C)C(=O)O)C(C)C)C(C)C. The maximum absolute atomic E-state index is 13.4. The number of likely N-dealkylation sites (N-methyl/N-ethyl adjacent to an activating group) is 1. The number of nitrogens with one attached hydrogen (secondary N) is 1. The lowest BCUT2D eigenvalue weighted by Crippen LogP contribution is -2.59. The van der Waals surface area contributed by atoms with Crippen molar-refractivity contribution in [3.8, 4) is 0 Å². The number of hydrogen-bond donors (Lipinski definition) is 2. The molecule has 0 bridgehead atoms. The van der Waals surface area contributed by atoms with Crippen LogP contribution in [-0.2, 0) is 14.4 Å². The predicted molar refractivity (Wildman–Crippen MR) is 124 cm³/mol. The fourth-order valence-electron chi connectivity index (χ4n) is 4.21. The van der Waals surface area contributed by atoms with Crippen LogP contribution in [0.4, 0.5) is 0 Å². The van der Waals surface area contributed by atoms with Gasteiger partial charge in [0, 0.05) is 18.7 Å². The second-order valence-electron chi connectivity index (χ2n) is 9.58. The first-order valence-corrected chi connectivity index (χ1v) is 11.7. The van der Waals surface area contributed by atoms with E-state index < -0.39 is 12.0 Å². The van der Waals surface area contributed by atoms with Gasteiger partial charge in [0.2, 0.25) is 11.8 Å². The van der Waals surface area contributed by atoms with Gasteiger partial charge in [-0.2, -0.15) is 0 Å². The third-order valence-corrected chi connectivity index (χ3v) is 6.47. The highest BCUT2D eigenvalue weighted by Crippen LogP contribution is 2.22. The van der Waals surface area contributed by atoms with E-state index in [1.165, 1.54) is 6.92 Å². The lowest BCUT2D eigenvalue weighted by Gasteiger charge is -2.40. The largest absolute Gasteiger partial charge is 0.478 e. The monoisotopic (exact) mass is 437 g/mol. The highest BCUT2D eigenvalue weighted by Gasteiger charge is 2.36. The van der Waals surface area contributed by atoms with Crippen LogP contribution < -0.4 is 5.32 Å². The summed E-state index contributed by atoms with van der Waals surface area (Å²) in [5, 5.41) is 12.3. The highest BCUT2D eigenvalue weighted by atomic mass is 16.4. The molecule has 0 aromatic rings. The summed E-state index contributed by atoms with van der Waals surface area (Å²) < 4.78 is 0. The molecule has 1 aliphatic rings. The number of nitrogens with zero attached hydrogens (tertiary/aromatic N) is 2. The summed E-state index contributed by atoms with van der Waals surface area (Å²) in [5.74, 6) is -1.33. The average molecular weight is 438 g/mol. The minimum absolute atomic E-state index is 0.0333. The first kappa shape index (κ1) is 27.1. The number of carboxylic acids is 1. The van der Waals surface area contributed by atoms with Gasteiger partial charge < -0.3 is 15.3 Å². The number of piperidine rings is 1. The summed E-state index contributed by atoms with van der Waals surface area (Å²) in [6.07, 6.45) is 5.51. The number of carbonyl (C=O) groups excluding carboxylic acids is 2. The van der Waals surface area contributed by atoms with Crippen LogP contribution in [0.5, 0.6) is 0 Å². The van der Waals surface area contributed by atoms with Gasteiger partial charge >= 0.3 is 5.97 Å². The molecule has 0 saturated carbocycles. The van der Waals surface area contributed by atoms with Gasteiger partial charge in [0.15, 0.2) is 0 Å². The van der Waals surface area contributed by atoms with Crippen molar-refractivity contribution in [1.82, 2.24) is 15.1 Å². The molecule has 7 heteroatoms. The quantitative estimate of drug-likeness (QED) is 0.512. The van der Waals surface area contributed by atoms with E-state index >= 15 is 0 Å². The van der Waals surface area contributed by atoms with Gasteiger partial charge in [0.25, 0.3) is 0 Å². The number of aliphatic carboxylic acids is 1. The van der Waals surface area contributed by atoms with Gasteiger partial charge in [0.1, 0.15) is 6.04 Å². The number of carbonyl (C=O) groups is 3. The first-order chi connectivity index (χ1) is 14.4. The standard InChI is InChI=1S/C24H43N3O4/c1-9-18(7)27-13-11-10-12-19(27)22(28)25-21(16(4)5)23(29)26(8)20(15(2)3)14-17(6)24(30)31/h14-16,18-21H,9-13H2,1-8H3,(H,25,28)(H,30,31)/b17-14+/t18?,19-,20?,21+/m1/s1. The summed E-state index contributed by atoms with van der Waals surface area (Å²) in [7, 11) is 1.69. The molecule has 1 fully saturated rings. The van der Waals surface area contributed by atoms with Crippen molar-refractivity contribution in [1.29, 1.82) is 0 Å². The van der Waals surface area contributed by atoms with Crippen LogP contribution in [0, 0.1) is 11.8 Å². The molecular weight excluding hydrogens is 394 g/mol. The Morgan fingerprint density at radius 3 is 2.23 bits per heavy atom. The molecule has 1 heterocycles. The number of rotatable bonds is 10. The fourth-order valence-corrected chi connectivity index (χ4v) is 4.21. The Morgan fingerprint density at radius 1 is 1.13 bits per heavy atom. The molecule has 0 radical (unpaired) electrons. The Bertz CT molecular complexity index is 659. The molecule has 178 valence electrons. The van der Waals surface area contributed by atoms with Gasteiger partial charge in [-0.25, -0.2) is 4.79 Å². The lowest BCUT2D eigenvalue weighted by atomic mass is 9.95. The van der Waals surface area contributed by atoms with Crippen molar-refractivity contribution in [3.05, 3.63) is 11.6 Å². The summed E-state index contributed by atoms with van der Waals surface area (Å²) >= 11 is 0. The number of amides is 2. The zero-order valence-electron chi connectivity index (χ0n) is 20.6. The van der Waals surface area contributed by atoms with Crippen molar-refractivity contribution in [2.24, 2.45) is 11.8 Å². The van der Waals surface area contributed by atoms with E-state index in [1.54, 1.807) is 18.0 Å². The van der Waals surface area contributed by atoms with Crippen LogP contribution >= 0.6 is 0 Å². The maximum Gasteiger partial charge on any atom is 0.331 e. The molecule has 2 N–H and O–H groups in total. The summed E-state index contributed by atoms with van der Waals surface area (Å²) in [5.41, 5.74) is 0.204. The van der Waals surface area contributed by atoms with Gasteiger partial charge in [-0.1, -0.05) is 47.1 Å². The molecule has 2 amide bonds. The first-order valence-electron chi connectivity index (χ1n) is 11.7. The lowest BCUT2D eigenvalue weighted by molar-refractivity contribution is -0.140. The Kier molecular flexibility index (Phi) is 10.7. The van der Waals surface area contributed by atoms with Crippen molar-refractivity contribution in [2.75, 3.05) is 13.6 Å². The zero-order valence-corrected chi connectivity index (χ0v) is 20.6. The van der Waals surface area contributed by atoms with Gasteiger partial charge in [-0.05, 0) is 51.5 Å². The van der Waals surface area contributed by atoms with E-state index in [2.05, 4.69) is 24.1 Å². The smallest absolute Gasteiger partial charge is 0.331 e. The maximum atomic E-state index is 13.4. The molecule has 7 nitrogen and oxygen atoms in total. The van der Waals surface area contributed by atoms with Crippen molar-refractivity contribution in [2.45, 2.75) is 98.3 Å². The zero-order chi connectivity index (χ0) is 23.9. The Hall–Kier alpha value is -1.89. The highest BCUT2D eigenvalue weighted by molar-refractivity contribution is 5.90. The normalized spacial score (nSPS) is 21.0. The van der Waals surface area contributed by atoms with Crippen LogP contribution in [0.3, 0.4) is 0 Å². The minimum atomic E-state index is -0.998. The summed E-state index contributed by atoms with van der Waals surface area (Å²) in [4.78, 5) is 41.8. The van der Waals surface area contributed by atoms with Crippen LogP contribution in [-0.4, -0.2) is 70.4 Å². The van der Waals surface area contributed by atoms with Crippen molar-refractivity contribution in [3.63, 3.8) is 0 Å². The number of likely N-dealkylation sites (tertiary alicyclic amines) is 1. The number of hydrogen-bond acceptors (Lipinski definition) is 4. The second kappa shape index (κ2) is 12.2. The van der Waals surface area contributed by atoms with E-state index in [0.29, 0.717) is 6.04 Å². The Balaban J connectivity index is 3.06. The fraction of sp³-hybridized carbons (Fsp3) is 0.792. The van der Waals surface area contributed by atoms with Crippen LogP contribution in [0.25, 0.3) is 0 Å². The minimum Gasteiger partial charge on any atom is -0.478 e. The molecule has 2 unspecified atom stereocenters. The summed E-state index contributed by atoms with van der Waals surface area (Å²) in [6.45, 7) is 14.5. The molecule has 0 spiro atoms. The second-order valence-corrected chi connectivity index (χ2v) is 9.58.